The summed E-state index contributed by atoms with van der Waals surface area (Å²) in [7, 11) is 0. The van der Waals surface area contributed by atoms with Crippen LogP contribution in [-0.2, 0) is 0 Å². The van der Waals surface area contributed by atoms with Crippen LogP contribution >= 0.6 is 23.5 Å². The molecule has 0 saturated heterocycles. The van der Waals surface area contributed by atoms with Crippen molar-refractivity contribution in [1.29, 1.82) is 0 Å². The van der Waals surface area contributed by atoms with Gasteiger partial charge < -0.3 is 0 Å². The van der Waals surface area contributed by atoms with Crippen molar-refractivity contribution in [2.75, 3.05) is 0 Å². The molecule has 0 aromatic heterocycles. The molecule has 4 rings (SSSR count). The zero-order valence-electron chi connectivity index (χ0n) is 18.4. The molecule has 0 amide bonds. The number of thioether (sulfide) groups is 2. The highest BCUT2D eigenvalue weighted by Crippen LogP contribution is 2.39. The van der Waals surface area contributed by atoms with Crippen molar-refractivity contribution in [1.82, 2.24) is 0 Å². The van der Waals surface area contributed by atoms with E-state index in [9.17, 15) is 13.2 Å². The summed E-state index contributed by atoms with van der Waals surface area (Å²) < 4.78 is 41.6. The van der Waals surface area contributed by atoms with Gasteiger partial charge in [0.2, 0.25) is 0 Å². The molecular formula is C28H22F3NS2. The van der Waals surface area contributed by atoms with Crippen molar-refractivity contribution in [3.63, 3.8) is 0 Å². The van der Waals surface area contributed by atoms with Gasteiger partial charge >= 0.3 is 0 Å². The molecule has 0 fully saturated rings. The van der Waals surface area contributed by atoms with Gasteiger partial charge in [-0.15, -0.1) is 23.5 Å². The fourth-order valence-corrected chi connectivity index (χ4v) is 5.82. The van der Waals surface area contributed by atoms with Gasteiger partial charge in [0.25, 0.3) is 0 Å². The Kier molecular flexibility index (Phi) is 8.14. The minimum absolute atomic E-state index is 0.125. The minimum Gasteiger partial charge on any atom is -0.253 e. The fraction of sp³-hybridized carbons (Fsp3) is 0.107. The number of aryl methyl sites for hydroxylation is 1. The number of aliphatic imine (C=N–C) groups is 1. The molecule has 0 bridgehead atoms. The second-order valence-corrected chi connectivity index (χ2v) is 10.5. The van der Waals surface area contributed by atoms with Gasteiger partial charge in [-0.2, -0.15) is 0 Å². The monoisotopic (exact) mass is 493 g/mol. The zero-order chi connectivity index (χ0) is 23.9. The molecule has 1 nitrogen and oxygen atoms in total. The van der Waals surface area contributed by atoms with Gasteiger partial charge in [0.15, 0.2) is 0 Å². The number of halogens is 3. The average molecular weight is 494 g/mol. The molecule has 0 spiro atoms. The van der Waals surface area contributed by atoms with Crippen molar-refractivity contribution < 1.29 is 13.2 Å². The van der Waals surface area contributed by atoms with Crippen LogP contribution in [-0.4, -0.2) is 10.3 Å². The molecule has 172 valence electrons. The molecule has 0 radical (unpaired) electrons. The largest absolute Gasteiger partial charge is 0.253 e. The Bertz CT molecular complexity index is 1210. The third kappa shape index (κ3) is 6.78. The van der Waals surface area contributed by atoms with Crippen LogP contribution in [0.25, 0.3) is 0 Å². The van der Waals surface area contributed by atoms with Crippen LogP contribution in [0.3, 0.4) is 0 Å². The first-order valence-electron chi connectivity index (χ1n) is 10.7. The Balaban J connectivity index is 1.70. The van der Waals surface area contributed by atoms with Crippen LogP contribution in [0.2, 0.25) is 0 Å². The van der Waals surface area contributed by atoms with Crippen molar-refractivity contribution in [3.05, 3.63) is 126 Å². The van der Waals surface area contributed by atoms with Gasteiger partial charge in [0.1, 0.15) is 17.5 Å². The van der Waals surface area contributed by atoms with E-state index in [-0.39, 0.29) is 22.0 Å². The van der Waals surface area contributed by atoms with Crippen molar-refractivity contribution in [2.24, 2.45) is 4.99 Å². The van der Waals surface area contributed by atoms with E-state index in [0.29, 0.717) is 17.7 Å². The van der Waals surface area contributed by atoms with E-state index >= 15 is 0 Å². The number of rotatable bonds is 8. The third-order valence-electron chi connectivity index (χ3n) is 5.01. The molecule has 0 N–H and O–H groups in total. The maximum Gasteiger partial charge on any atom is 0.132 e. The molecular weight excluding hydrogens is 471 g/mol. The summed E-state index contributed by atoms with van der Waals surface area (Å²) >= 11 is 3.08. The first kappa shape index (κ1) is 24.2. The lowest BCUT2D eigenvalue weighted by Crippen LogP contribution is -2.11. The Morgan fingerprint density at radius 2 is 1.24 bits per heavy atom. The average Bonchev–Trinajstić information content (AvgIpc) is 2.83. The van der Waals surface area contributed by atoms with E-state index in [1.165, 1.54) is 53.9 Å². The van der Waals surface area contributed by atoms with Crippen LogP contribution in [0.4, 0.5) is 18.9 Å². The number of nitrogens with zero attached hydrogens (tertiary/aromatic N) is 1. The summed E-state index contributed by atoms with van der Waals surface area (Å²) in [6.07, 6.45) is 0.429. The summed E-state index contributed by atoms with van der Waals surface area (Å²) in [4.78, 5) is 6.57. The SMILES string of the molecule is Cc1ccc(N=C(CC(Sc2ccc(F)cc2)Sc2ccc(F)cc2)c2ccccc2F)cc1. The van der Waals surface area contributed by atoms with Crippen LogP contribution in [0.1, 0.15) is 17.5 Å². The van der Waals surface area contributed by atoms with Crippen molar-refractivity contribution in [2.45, 2.75) is 27.7 Å². The summed E-state index contributed by atoms with van der Waals surface area (Å²) in [6.45, 7) is 2.00. The quantitative estimate of drug-likeness (QED) is 0.138. The standard InChI is InChI=1S/C28H22F3NS2/c1-19-6-12-22(13-7-19)32-27(25-4-2-3-5-26(25)31)18-28(33-23-14-8-20(29)9-15-23)34-24-16-10-21(30)11-17-24/h2-17,28H,18H2,1H3. The predicted octanol–water partition coefficient (Wildman–Crippen LogP) is 8.83. The third-order valence-corrected chi connectivity index (χ3v) is 7.53. The smallest absolute Gasteiger partial charge is 0.132 e. The molecule has 0 heterocycles. The molecule has 0 aliphatic rings. The van der Waals surface area contributed by atoms with Crippen LogP contribution in [0.15, 0.2) is 112 Å². The molecule has 0 unspecified atom stereocenters. The lowest BCUT2D eigenvalue weighted by atomic mass is 10.1. The number of hydrogen-bond donors (Lipinski definition) is 0. The van der Waals surface area contributed by atoms with Gasteiger partial charge in [-0.1, -0.05) is 35.9 Å². The van der Waals surface area contributed by atoms with E-state index in [0.717, 1.165) is 21.0 Å². The van der Waals surface area contributed by atoms with Crippen LogP contribution in [0, 0.1) is 24.4 Å². The van der Waals surface area contributed by atoms with Gasteiger partial charge in [-0.05, 0) is 73.7 Å². The zero-order valence-corrected chi connectivity index (χ0v) is 20.1. The molecule has 0 aliphatic carbocycles. The minimum atomic E-state index is -0.342. The first-order valence-corrected chi connectivity index (χ1v) is 12.5. The Morgan fingerprint density at radius 3 is 1.76 bits per heavy atom. The van der Waals surface area contributed by atoms with Gasteiger partial charge in [0, 0.05) is 21.8 Å². The highest BCUT2D eigenvalue weighted by molar-refractivity contribution is 8.17. The Morgan fingerprint density at radius 1 is 0.706 bits per heavy atom. The summed E-state index contributed by atoms with van der Waals surface area (Å²) in [6, 6.07) is 26.9. The van der Waals surface area contributed by atoms with Crippen molar-refractivity contribution in [3.8, 4) is 0 Å². The number of benzene rings is 4. The molecule has 0 atom stereocenters. The maximum atomic E-state index is 14.8. The molecule has 4 aromatic rings. The van der Waals surface area contributed by atoms with E-state index in [1.807, 2.05) is 31.2 Å². The highest BCUT2D eigenvalue weighted by Gasteiger charge is 2.19. The van der Waals surface area contributed by atoms with E-state index in [4.69, 9.17) is 4.99 Å². The summed E-state index contributed by atoms with van der Waals surface area (Å²) in [5.74, 6) is -0.953. The normalized spacial score (nSPS) is 11.7. The van der Waals surface area contributed by atoms with Crippen LogP contribution < -0.4 is 0 Å². The second-order valence-electron chi connectivity index (χ2n) is 7.65. The lowest BCUT2D eigenvalue weighted by molar-refractivity contribution is 0.624. The molecule has 0 aliphatic heterocycles. The van der Waals surface area contributed by atoms with Gasteiger partial charge in [-0.3, -0.25) is 4.99 Å². The van der Waals surface area contributed by atoms with E-state index in [2.05, 4.69) is 0 Å². The molecule has 6 heteroatoms. The fourth-order valence-electron chi connectivity index (χ4n) is 3.28. The highest BCUT2D eigenvalue weighted by atomic mass is 32.2. The van der Waals surface area contributed by atoms with Crippen molar-refractivity contribution >= 4 is 34.9 Å². The van der Waals surface area contributed by atoms with Crippen LogP contribution in [0.5, 0.6) is 0 Å². The maximum absolute atomic E-state index is 14.8. The first-order chi connectivity index (χ1) is 16.5. The molecule has 0 saturated carbocycles. The van der Waals surface area contributed by atoms with Gasteiger partial charge in [-0.25, -0.2) is 13.2 Å². The number of hydrogen-bond acceptors (Lipinski definition) is 3. The Hall–Kier alpha value is -2.96. The summed E-state index contributed by atoms with van der Waals surface area (Å²) in [5, 5.41) is 0. The van der Waals surface area contributed by atoms with E-state index < -0.39 is 0 Å². The molecule has 4 aromatic carbocycles. The second kappa shape index (κ2) is 11.4. The molecule has 34 heavy (non-hydrogen) atoms. The summed E-state index contributed by atoms with van der Waals surface area (Å²) in [5.41, 5.74) is 2.90. The lowest BCUT2D eigenvalue weighted by Gasteiger charge is -2.18. The van der Waals surface area contributed by atoms with Gasteiger partial charge in [0.05, 0.1) is 16.0 Å². The predicted molar refractivity (Wildman–Crippen MR) is 137 cm³/mol. The van der Waals surface area contributed by atoms with E-state index in [1.54, 1.807) is 42.5 Å². The Labute approximate surface area is 206 Å². The topological polar surface area (TPSA) is 12.4 Å².